The summed E-state index contributed by atoms with van der Waals surface area (Å²) in [4.78, 5) is 0.621. The molecule has 0 saturated heterocycles. The van der Waals surface area contributed by atoms with E-state index in [-0.39, 0.29) is 0 Å². The van der Waals surface area contributed by atoms with Crippen LogP contribution >= 0.6 is 11.3 Å². The van der Waals surface area contributed by atoms with Crippen molar-refractivity contribution in [2.45, 2.75) is 0 Å². The zero-order valence-electron chi connectivity index (χ0n) is 6.56. The van der Waals surface area contributed by atoms with Crippen molar-refractivity contribution in [1.82, 2.24) is 4.57 Å². The van der Waals surface area contributed by atoms with Crippen LogP contribution in [-0.4, -0.2) is 9.77 Å². The molecule has 12 heavy (non-hydrogen) atoms. The Morgan fingerprint density at radius 2 is 2.17 bits per heavy atom. The van der Waals surface area contributed by atoms with E-state index in [1.54, 1.807) is 0 Å². The fraction of sp³-hybridized carbons (Fsp3) is 0.125. The van der Waals surface area contributed by atoms with E-state index in [1.807, 2.05) is 35.9 Å². The molecule has 0 unspecified atom stereocenters. The Balaban J connectivity index is 2.98. The van der Waals surface area contributed by atoms with E-state index in [4.69, 9.17) is 5.21 Å². The molecule has 4 heteroatoms. The Morgan fingerprint density at radius 1 is 1.42 bits per heavy atom. The van der Waals surface area contributed by atoms with Gasteiger partial charge in [-0.15, -0.1) is 0 Å². The predicted octanol–water partition coefficient (Wildman–Crippen LogP) is 1.53. The molecule has 0 aliphatic heterocycles. The van der Waals surface area contributed by atoms with Crippen molar-refractivity contribution < 1.29 is 5.21 Å². The highest BCUT2D eigenvalue weighted by Gasteiger charge is 1.99. The molecular formula is C8H8N2OS. The normalized spacial score (nSPS) is 12.6. The van der Waals surface area contributed by atoms with E-state index >= 15 is 0 Å². The minimum absolute atomic E-state index is 0.621. The van der Waals surface area contributed by atoms with Gasteiger partial charge < -0.3 is 9.77 Å². The molecule has 0 bridgehead atoms. The highest BCUT2D eigenvalue weighted by Crippen LogP contribution is 2.14. The number of nitrogens with zero attached hydrogens (tertiary/aromatic N) is 2. The van der Waals surface area contributed by atoms with Crippen molar-refractivity contribution in [2.24, 2.45) is 12.2 Å². The van der Waals surface area contributed by atoms with Gasteiger partial charge in [0.15, 0.2) is 0 Å². The molecule has 0 aliphatic carbocycles. The molecule has 2 rings (SSSR count). The molecule has 0 fully saturated rings. The zero-order chi connectivity index (χ0) is 8.55. The van der Waals surface area contributed by atoms with Crippen molar-refractivity contribution in [3.63, 3.8) is 0 Å². The number of para-hydroxylation sites is 1. The van der Waals surface area contributed by atoms with Gasteiger partial charge in [0.2, 0.25) is 4.80 Å². The SMILES string of the molecule is Cn1/c(=N\O)sc2ccccc21. The summed E-state index contributed by atoms with van der Waals surface area (Å²) < 4.78 is 2.99. The highest BCUT2D eigenvalue weighted by atomic mass is 32.1. The molecular weight excluding hydrogens is 172 g/mol. The maximum Gasteiger partial charge on any atom is 0.228 e. The smallest absolute Gasteiger partial charge is 0.228 e. The number of aryl methyl sites for hydroxylation is 1. The first-order chi connectivity index (χ1) is 5.83. The quantitative estimate of drug-likeness (QED) is 0.484. The molecule has 62 valence electrons. The summed E-state index contributed by atoms with van der Waals surface area (Å²) in [5.41, 5.74) is 1.09. The summed E-state index contributed by atoms with van der Waals surface area (Å²) in [6.07, 6.45) is 0. The maximum atomic E-state index is 8.63. The summed E-state index contributed by atoms with van der Waals surface area (Å²) >= 11 is 1.47. The van der Waals surface area contributed by atoms with Crippen molar-refractivity contribution in [1.29, 1.82) is 0 Å². The molecule has 1 N–H and O–H groups in total. The zero-order valence-corrected chi connectivity index (χ0v) is 7.38. The predicted molar refractivity (Wildman–Crippen MR) is 48.1 cm³/mol. The number of hydrogen-bond acceptors (Lipinski definition) is 3. The van der Waals surface area contributed by atoms with Crippen LogP contribution in [0.1, 0.15) is 0 Å². The number of fused-ring (bicyclic) bond motifs is 1. The summed E-state index contributed by atoms with van der Waals surface area (Å²) in [6.45, 7) is 0. The number of hydrogen-bond donors (Lipinski definition) is 1. The molecule has 2 aromatic rings. The van der Waals surface area contributed by atoms with Gasteiger partial charge in [0, 0.05) is 7.05 Å². The van der Waals surface area contributed by atoms with Crippen molar-refractivity contribution in [3.8, 4) is 0 Å². The van der Waals surface area contributed by atoms with Gasteiger partial charge in [-0.25, -0.2) is 0 Å². The first kappa shape index (κ1) is 7.36. The summed E-state index contributed by atoms with van der Waals surface area (Å²) in [6, 6.07) is 7.95. The van der Waals surface area contributed by atoms with E-state index in [1.165, 1.54) is 11.3 Å². The second-order valence-corrected chi connectivity index (χ2v) is 3.52. The van der Waals surface area contributed by atoms with Crippen LogP contribution in [0.4, 0.5) is 0 Å². The number of benzene rings is 1. The van der Waals surface area contributed by atoms with Gasteiger partial charge in [0.25, 0.3) is 0 Å². The Bertz CT molecular complexity index is 469. The lowest BCUT2D eigenvalue weighted by atomic mass is 10.3. The lowest BCUT2D eigenvalue weighted by molar-refractivity contribution is 0.298. The summed E-state index contributed by atoms with van der Waals surface area (Å²) in [5, 5.41) is 11.8. The largest absolute Gasteiger partial charge is 0.408 e. The van der Waals surface area contributed by atoms with Crippen molar-refractivity contribution in [2.75, 3.05) is 0 Å². The Hall–Kier alpha value is -1.29. The number of rotatable bonds is 0. The summed E-state index contributed by atoms with van der Waals surface area (Å²) in [7, 11) is 1.88. The Labute approximate surface area is 73.2 Å². The summed E-state index contributed by atoms with van der Waals surface area (Å²) in [5.74, 6) is 0. The van der Waals surface area contributed by atoms with Crippen LogP contribution < -0.4 is 4.80 Å². The van der Waals surface area contributed by atoms with Gasteiger partial charge in [-0.2, -0.15) is 0 Å². The molecule has 3 nitrogen and oxygen atoms in total. The molecule has 1 aromatic heterocycles. The van der Waals surface area contributed by atoms with Crippen LogP contribution in [0.3, 0.4) is 0 Å². The first-order valence-corrected chi connectivity index (χ1v) is 4.37. The minimum Gasteiger partial charge on any atom is -0.408 e. The average Bonchev–Trinajstić information content (AvgIpc) is 2.44. The van der Waals surface area contributed by atoms with Crippen LogP contribution in [0.15, 0.2) is 29.4 Å². The van der Waals surface area contributed by atoms with Crippen LogP contribution in [0.25, 0.3) is 10.2 Å². The van der Waals surface area contributed by atoms with Crippen molar-refractivity contribution >= 4 is 21.6 Å². The monoisotopic (exact) mass is 180 g/mol. The lowest BCUT2D eigenvalue weighted by Crippen LogP contribution is -2.08. The molecule has 0 atom stereocenters. The average molecular weight is 180 g/mol. The highest BCUT2D eigenvalue weighted by molar-refractivity contribution is 7.16. The van der Waals surface area contributed by atoms with Crippen LogP contribution in [0.2, 0.25) is 0 Å². The number of aromatic nitrogens is 1. The van der Waals surface area contributed by atoms with E-state index in [9.17, 15) is 0 Å². The fourth-order valence-electron chi connectivity index (χ4n) is 1.18. The standard InChI is InChI=1S/C8H8N2OS/c1-10-6-4-2-3-5-7(6)12-8(10)9-11/h2-5,11H,1H3/b9-8+. The van der Waals surface area contributed by atoms with Crippen LogP contribution in [-0.2, 0) is 7.05 Å². The van der Waals surface area contributed by atoms with Gasteiger partial charge in [-0.3, -0.25) is 0 Å². The Morgan fingerprint density at radius 3 is 2.83 bits per heavy atom. The molecule has 0 radical (unpaired) electrons. The van der Waals surface area contributed by atoms with Gasteiger partial charge in [-0.05, 0) is 12.1 Å². The third-order valence-corrected chi connectivity index (χ3v) is 2.90. The molecule has 0 amide bonds. The van der Waals surface area contributed by atoms with E-state index in [2.05, 4.69) is 5.16 Å². The second-order valence-electron chi connectivity index (χ2n) is 2.51. The van der Waals surface area contributed by atoms with Crippen LogP contribution in [0.5, 0.6) is 0 Å². The topological polar surface area (TPSA) is 37.5 Å². The van der Waals surface area contributed by atoms with E-state index in [0.29, 0.717) is 4.80 Å². The first-order valence-electron chi connectivity index (χ1n) is 3.55. The Kier molecular flexibility index (Phi) is 1.62. The minimum atomic E-state index is 0.621. The fourth-order valence-corrected chi connectivity index (χ4v) is 2.11. The van der Waals surface area contributed by atoms with E-state index < -0.39 is 0 Å². The number of thiazole rings is 1. The van der Waals surface area contributed by atoms with Crippen molar-refractivity contribution in [3.05, 3.63) is 29.1 Å². The van der Waals surface area contributed by atoms with Crippen LogP contribution in [0, 0.1) is 0 Å². The molecule has 1 heterocycles. The molecule has 0 spiro atoms. The molecule has 1 aromatic carbocycles. The van der Waals surface area contributed by atoms with E-state index in [0.717, 1.165) is 10.2 Å². The third kappa shape index (κ3) is 0.921. The van der Waals surface area contributed by atoms with Gasteiger partial charge >= 0.3 is 0 Å². The van der Waals surface area contributed by atoms with Gasteiger partial charge in [0.1, 0.15) is 0 Å². The molecule has 0 aliphatic rings. The second kappa shape index (κ2) is 2.64. The lowest BCUT2D eigenvalue weighted by Gasteiger charge is -1.91. The maximum absolute atomic E-state index is 8.63. The van der Waals surface area contributed by atoms with Gasteiger partial charge in [-0.1, -0.05) is 28.6 Å². The third-order valence-electron chi connectivity index (χ3n) is 1.80. The van der Waals surface area contributed by atoms with Gasteiger partial charge in [0.05, 0.1) is 10.2 Å². The molecule has 0 saturated carbocycles.